The van der Waals surface area contributed by atoms with Crippen LogP contribution in [0, 0.1) is 0 Å². The van der Waals surface area contributed by atoms with Crippen LogP contribution in [0.3, 0.4) is 0 Å². The lowest BCUT2D eigenvalue weighted by Crippen LogP contribution is -2.14. The van der Waals surface area contributed by atoms with E-state index in [9.17, 15) is 5.11 Å². The SMILES string of the molecule is OC(CCOc1ccccc1)Cc1sccc1Br. The standard InChI is InChI=1S/C14H15BrO2S/c15-13-7-9-18-14(13)10-11(16)6-8-17-12-4-2-1-3-5-12/h1-5,7,9,11,16H,6,8,10H2. The van der Waals surface area contributed by atoms with Crippen LogP contribution in [0.1, 0.15) is 11.3 Å². The molecule has 1 atom stereocenters. The van der Waals surface area contributed by atoms with Gasteiger partial charge in [0.25, 0.3) is 0 Å². The normalized spacial score (nSPS) is 12.3. The summed E-state index contributed by atoms with van der Waals surface area (Å²) in [6, 6.07) is 11.7. The molecule has 0 saturated heterocycles. The van der Waals surface area contributed by atoms with Gasteiger partial charge >= 0.3 is 0 Å². The van der Waals surface area contributed by atoms with Crippen LogP contribution < -0.4 is 4.74 Å². The molecule has 2 rings (SSSR count). The Morgan fingerprint density at radius 1 is 1.22 bits per heavy atom. The summed E-state index contributed by atoms with van der Waals surface area (Å²) in [6.07, 6.45) is 0.957. The molecule has 1 heterocycles. The monoisotopic (exact) mass is 326 g/mol. The molecule has 1 N–H and O–H groups in total. The lowest BCUT2D eigenvalue weighted by atomic mass is 10.2. The molecule has 0 saturated carbocycles. The predicted octanol–water partition coefficient (Wildman–Crippen LogP) is 3.88. The van der Waals surface area contributed by atoms with Gasteiger partial charge in [0, 0.05) is 22.2 Å². The summed E-state index contributed by atoms with van der Waals surface area (Å²) in [5.41, 5.74) is 0. The van der Waals surface area contributed by atoms with E-state index in [0.29, 0.717) is 19.4 Å². The van der Waals surface area contributed by atoms with Crippen LogP contribution >= 0.6 is 27.3 Å². The number of thiophene rings is 1. The largest absolute Gasteiger partial charge is 0.493 e. The molecule has 0 aliphatic heterocycles. The molecule has 0 aliphatic carbocycles. The Hall–Kier alpha value is -0.840. The maximum absolute atomic E-state index is 9.93. The molecule has 0 bridgehead atoms. The second-order valence-electron chi connectivity index (χ2n) is 4.00. The van der Waals surface area contributed by atoms with Crippen LogP contribution in [-0.4, -0.2) is 17.8 Å². The van der Waals surface area contributed by atoms with Gasteiger partial charge in [0.2, 0.25) is 0 Å². The Kier molecular flexibility index (Phi) is 5.23. The minimum Gasteiger partial charge on any atom is -0.493 e. The first-order valence-corrected chi connectivity index (χ1v) is 7.51. The number of halogens is 1. The van der Waals surface area contributed by atoms with Crippen molar-refractivity contribution in [2.45, 2.75) is 18.9 Å². The third-order valence-electron chi connectivity index (χ3n) is 2.58. The fourth-order valence-corrected chi connectivity index (χ4v) is 3.20. The van der Waals surface area contributed by atoms with Crippen molar-refractivity contribution < 1.29 is 9.84 Å². The van der Waals surface area contributed by atoms with E-state index in [-0.39, 0.29) is 6.10 Å². The van der Waals surface area contributed by atoms with Gasteiger partial charge in [0.1, 0.15) is 5.75 Å². The second-order valence-corrected chi connectivity index (χ2v) is 5.85. The topological polar surface area (TPSA) is 29.5 Å². The fourth-order valence-electron chi connectivity index (χ4n) is 1.62. The van der Waals surface area contributed by atoms with Gasteiger partial charge in [0.05, 0.1) is 12.7 Å². The zero-order chi connectivity index (χ0) is 12.8. The molecule has 1 aromatic heterocycles. The quantitative estimate of drug-likeness (QED) is 0.872. The van der Waals surface area contributed by atoms with Crippen molar-refractivity contribution in [3.8, 4) is 5.75 Å². The molecule has 0 aliphatic rings. The molecule has 1 unspecified atom stereocenters. The molecule has 96 valence electrons. The van der Waals surface area contributed by atoms with Crippen LogP contribution in [0.15, 0.2) is 46.3 Å². The number of benzene rings is 1. The second kappa shape index (κ2) is 6.92. The van der Waals surface area contributed by atoms with Gasteiger partial charge in [-0.2, -0.15) is 0 Å². The number of rotatable bonds is 6. The van der Waals surface area contributed by atoms with E-state index < -0.39 is 0 Å². The van der Waals surface area contributed by atoms with E-state index in [1.54, 1.807) is 11.3 Å². The van der Waals surface area contributed by atoms with E-state index in [1.807, 2.05) is 41.8 Å². The maximum atomic E-state index is 9.93. The van der Waals surface area contributed by atoms with Gasteiger partial charge < -0.3 is 9.84 Å². The van der Waals surface area contributed by atoms with Crippen molar-refractivity contribution in [3.05, 3.63) is 51.1 Å². The van der Waals surface area contributed by atoms with E-state index in [4.69, 9.17) is 4.74 Å². The fraction of sp³-hybridized carbons (Fsp3) is 0.286. The van der Waals surface area contributed by atoms with Crippen LogP contribution in [0.4, 0.5) is 0 Å². The van der Waals surface area contributed by atoms with Gasteiger partial charge in [-0.1, -0.05) is 18.2 Å². The highest BCUT2D eigenvalue weighted by molar-refractivity contribution is 9.10. The summed E-state index contributed by atoms with van der Waals surface area (Å²) < 4.78 is 6.64. The number of aliphatic hydroxyl groups excluding tert-OH is 1. The van der Waals surface area contributed by atoms with Crippen LogP contribution in [0.2, 0.25) is 0 Å². The minimum atomic E-state index is -0.358. The maximum Gasteiger partial charge on any atom is 0.119 e. The Balaban J connectivity index is 1.72. The molecule has 0 fully saturated rings. The van der Waals surface area contributed by atoms with Crippen LogP contribution in [-0.2, 0) is 6.42 Å². The smallest absolute Gasteiger partial charge is 0.119 e. The van der Waals surface area contributed by atoms with Gasteiger partial charge in [0.15, 0.2) is 0 Å². The first-order chi connectivity index (χ1) is 8.75. The van der Waals surface area contributed by atoms with Crippen molar-refractivity contribution in [2.75, 3.05) is 6.61 Å². The molecule has 0 amide bonds. The van der Waals surface area contributed by atoms with Crippen LogP contribution in [0.25, 0.3) is 0 Å². The number of hydrogen-bond acceptors (Lipinski definition) is 3. The lowest BCUT2D eigenvalue weighted by molar-refractivity contribution is 0.140. The molecule has 2 aromatic rings. The summed E-state index contributed by atoms with van der Waals surface area (Å²) in [6.45, 7) is 0.536. The zero-order valence-electron chi connectivity index (χ0n) is 9.88. The molecule has 0 spiro atoms. The summed E-state index contributed by atoms with van der Waals surface area (Å²) in [5, 5.41) is 11.9. The zero-order valence-corrected chi connectivity index (χ0v) is 12.3. The highest BCUT2D eigenvalue weighted by atomic mass is 79.9. The van der Waals surface area contributed by atoms with Crippen molar-refractivity contribution in [3.63, 3.8) is 0 Å². The lowest BCUT2D eigenvalue weighted by Gasteiger charge is -2.11. The van der Waals surface area contributed by atoms with E-state index in [2.05, 4.69) is 15.9 Å². The number of hydrogen-bond donors (Lipinski definition) is 1. The van der Waals surface area contributed by atoms with Gasteiger partial charge in [-0.15, -0.1) is 11.3 Å². The number of ether oxygens (including phenoxy) is 1. The first-order valence-electron chi connectivity index (χ1n) is 5.83. The van der Waals surface area contributed by atoms with Gasteiger partial charge in [-0.3, -0.25) is 0 Å². The summed E-state index contributed by atoms with van der Waals surface area (Å²) in [5.74, 6) is 0.849. The minimum absolute atomic E-state index is 0.358. The Labute approximate surface area is 119 Å². The van der Waals surface area contributed by atoms with E-state index >= 15 is 0 Å². The molecular weight excluding hydrogens is 312 g/mol. The Morgan fingerprint density at radius 2 is 2.00 bits per heavy atom. The predicted molar refractivity (Wildman–Crippen MR) is 78.3 cm³/mol. The third kappa shape index (κ3) is 4.12. The summed E-state index contributed by atoms with van der Waals surface area (Å²) in [7, 11) is 0. The average Bonchev–Trinajstić information content (AvgIpc) is 2.76. The third-order valence-corrected chi connectivity index (χ3v) is 4.52. The van der Waals surface area contributed by atoms with Gasteiger partial charge in [-0.05, 0) is 39.5 Å². The van der Waals surface area contributed by atoms with E-state index in [0.717, 1.165) is 10.2 Å². The molecule has 18 heavy (non-hydrogen) atoms. The van der Waals surface area contributed by atoms with Crippen molar-refractivity contribution in [1.82, 2.24) is 0 Å². The molecular formula is C14H15BrO2S. The summed E-state index contributed by atoms with van der Waals surface area (Å²) in [4.78, 5) is 1.18. The number of aliphatic hydroxyl groups is 1. The van der Waals surface area contributed by atoms with Crippen LogP contribution in [0.5, 0.6) is 5.75 Å². The summed E-state index contributed by atoms with van der Waals surface area (Å²) >= 11 is 5.13. The first kappa shape index (κ1) is 13.6. The Morgan fingerprint density at radius 3 is 2.67 bits per heavy atom. The average molecular weight is 327 g/mol. The molecule has 0 radical (unpaired) electrons. The highest BCUT2D eigenvalue weighted by Crippen LogP contribution is 2.24. The molecule has 1 aromatic carbocycles. The van der Waals surface area contributed by atoms with Crippen molar-refractivity contribution in [2.24, 2.45) is 0 Å². The highest BCUT2D eigenvalue weighted by Gasteiger charge is 2.09. The molecule has 2 nitrogen and oxygen atoms in total. The van der Waals surface area contributed by atoms with Crippen molar-refractivity contribution >= 4 is 27.3 Å². The van der Waals surface area contributed by atoms with E-state index in [1.165, 1.54) is 4.88 Å². The van der Waals surface area contributed by atoms with Gasteiger partial charge in [-0.25, -0.2) is 0 Å². The Bertz CT molecular complexity index is 470. The molecule has 4 heteroatoms. The number of para-hydroxylation sites is 1. The van der Waals surface area contributed by atoms with Crippen molar-refractivity contribution in [1.29, 1.82) is 0 Å².